The van der Waals surface area contributed by atoms with Gasteiger partial charge in [-0.3, -0.25) is 4.90 Å². The van der Waals surface area contributed by atoms with Crippen LogP contribution in [0.15, 0.2) is 24.4 Å². The smallest absolute Gasteiger partial charge is 0.315 e. The van der Waals surface area contributed by atoms with Crippen LogP contribution in [0.5, 0.6) is 0 Å². The maximum absolute atomic E-state index is 11.9. The van der Waals surface area contributed by atoms with E-state index in [4.69, 9.17) is 4.74 Å². The van der Waals surface area contributed by atoms with E-state index in [1.165, 1.54) is 0 Å². The maximum atomic E-state index is 11.9. The summed E-state index contributed by atoms with van der Waals surface area (Å²) in [5, 5.41) is 10.2. The van der Waals surface area contributed by atoms with Crippen molar-refractivity contribution < 1.29 is 9.53 Å². The number of carbonyl (C=O) groups excluding carboxylic acids is 1. The molecular weight excluding hydrogens is 344 g/mol. The normalized spacial score (nSPS) is 14.9. The molecule has 0 spiro atoms. The van der Waals surface area contributed by atoms with Gasteiger partial charge in [-0.15, -0.1) is 0 Å². The fraction of sp³-hybridized carbons (Fsp3) is 0.526. The summed E-state index contributed by atoms with van der Waals surface area (Å²) in [4.78, 5) is 18.7. The molecule has 1 fully saturated rings. The van der Waals surface area contributed by atoms with Gasteiger partial charge in [-0.2, -0.15) is 5.10 Å². The Morgan fingerprint density at radius 1 is 1.22 bits per heavy atom. The molecule has 0 aromatic carbocycles. The Labute approximate surface area is 159 Å². The number of pyridine rings is 1. The molecule has 8 nitrogen and oxygen atoms in total. The van der Waals surface area contributed by atoms with Gasteiger partial charge in [-0.05, 0) is 44.5 Å². The molecule has 146 valence electrons. The summed E-state index contributed by atoms with van der Waals surface area (Å²) in [5.74, 6) is 0.775. The topological polar surface area (TPSA) is 84.3 Å². The van der Waals surface area contributed by atoms with Crippen molar-refractivity contribution in [1.29, 1.82) is 0 Å². The zero-order chi connectivity index (χ0) is 19.1. The molecule has 1 saturated heterocycles. The van der Waals surface area contributed by atoms with Crippen LogP contribution in [-0.2, 0) is 11.3 Å². The lowest BCUT2D eigenvalue weighted by Crippen LogP contribution is -2.39. The zero-order valence-corrected chi connectivity index (χ0v) is 16.1. The Morgan fingerprint density at radius 3 is 2.70 bits per heavy atom. The molecule has 0 atom stereocenters. The van der Waals surface area contributed by atoms with Gasteiger partial charge in [-0.1, -0.05) is 6.07 Å². The number of carbonyl (C=O) groups is 1. The van der Waals surface area contributed by atoms with Crippen molar-refractivity contribution in [2.75, 3.05) is 39.4 Å². The van der Waals surface area contributed by atoms with Gasteiger partial charge >= 0.3 is 6.03 Å². The zero-order valence-electron chi connectivity index (χ0n) is 16.1. The SMILES string of the molecule is Cc1cc(C)n(-c2ccc(CNC(=O)NCCCN3CCOCC3)cn2)n1. The number of aromatic nitrogens is 3. The molecule has 0 unspecified atom stereocenters. The highest BCUT2D eigenvalue weighted by Gasteiger charge is 2.09. The highest BCUT2D eigenvalue weighted by Crippen LogP contribution is 2.10. The van der Waals surface area contributed by atoms with Gasteiger partial charge in [0, 0.05) is 38.1 Å². The van der Waals surface area contributed by atoms with Crippen LogP contribution in [0.4, 0.5) is 4.79 Å². The van der Waals surface area contributed by atoms with Crippen LogP contribution < -0.4 is 10.6 Å². The summed E-state index contributed by atoms with van der Waals surface area (Å²) in [6.07, 6.45) is 2.71. The summed E-state index contributed by atoms with van der Waals surface area (Å²) in [6, 6.07) is 5.73. The van der Waals surface area contributed by atoms with Crippen molar-refractivity contribution in [2.45, 2.75) is 26.8 Å². The Balaban J connectivity index is 1.36. The lowest BCUT2D eigenvalue weighted by molar-refractivity contribution is 0.0375. The molecule has 2 amide bonds. The molecule has 27 heavy (non-hydrogen) atoms. The van der Waals surface area contributed by atoms with E-state index in [9.17, 15) is 4.79 Å². The fourth-order valence-corrected chi connectivity index (χ4v) is 3.08. The first-order chi connectivity index (χ1) is 13.1. The summed E-state index contributed by atoms with van der Waals surface area (Å²) in [5.41, 5.74) is 2.96. The number of ether oxygens (including phenoxy) is 1. The molecule has 3 rings (SSSR count). The van der Waals surface area contributed by atoms with Crippen molar-refractivity contribution in [3.8, 4) is 5.82 Å². The van der Waals surface area contributed by atoms with E-state index >= 15 is 0 Å². The first-order valence-corrected chi connectivity index (χ1v) is 9.42. The highest BCUT2D eigenvalue weighted by atomic mass is 16.5. The molecule has 2 aromatic rings. The molecule has 1 aliphatic heterocycles. The Bertz CT molecular complexity index is 737. The van der Waals surface area contributed by atoms with E-state index in [0.717, 1.165) is 62.0 Å². The highest BCUT2D eigenvalue weighted by molar-refractivity contribution is 5.73. The van der Waals surface area contributed by atoms with Crippen molar-refractivity contribution in [1.82, 2.24) is 30.3 Å². The first-order valence-electron chi connectivity index (χ1n) is 9.42. The van der Waals surface area contributed by atoms with Gasteiger partial charge in [0.25, 0.3) is 0 Å². The minimum absolute atomic E-state index is 0.153. The number of aryl methyl sites for hydroxylation is 2. The van der Waals surface area contributed by atoms with Crippen LogP contribution in [0, 0.1) is 13.8 Å². The Morgan fingerprint density at radius 2 is 2.04 bits per heavy atom. The standard InChI is InChI=1S/C19H28N6O2/c1-15-12-16(2)25(23-15)18-5-4-17(13-21-18)14-22-19(26)20-6-3-7-24-8-10-27-11-9-24/h4-5,12-13H,3,6-11,14H2,1-2H3,(H2,20,22,26). The van der Waals surface area contributed by atoms with Crippen LogP contribution >= 0.6 is 0 Å². The second-order valence-electron chi connectivity index (χ2n) is 6.78. The van der Waals surface area contributed by atoms with Crippen LogP contribution in [0.3, 0.4) is 0 Å². The number of amides is 2. The largest absolute Gasteiger partial charge is 0.379 e. The van der Waals surface area contributed by atoms with E-state index in [-0.39, 0.29) is 6.03 Å². The predicted octanol–water partition coefficient (Wildman–Crippen LogP) is 1.41. The second-order valence-corrected chi connectivity index (χ2v) is 6.78. The van der Waals surface area contributed by atoms with E-state index in [1.54, 1.807) is 6.20 Å². The molecule has 8 heteroatoms. The van der Waals surface area contributed by atoms with E-state index in [1.807, 2.05) is 36.7 Å². The quantitative estimate of drug-likeness (QED) is 0.718. The van der Waals surface area contributed by atoms with Gasteiger partial charge in [0.2, 0.25) is 0 Å². The summed E-state index contributed by atoms with van der Waals surface area (Å²) < 4.78 is 7.14. The lowest BCUT2D eigenvalue weighted by atomic mass is 10.3. The second kappa shape index (κ2) is 9.48. The van der Waals surface area contributed by atoms with E-state index in [2.05, 4.69) is 25.6 Å². The fourth-order valence-electron chi connectivity index (χ4n) is 3.08. The molecule has 2 aromatic heterocycles. The number of nitrogens with one attached hydrogen (secondary N) is 2. The summed E-state index contributed by atoms with van der Waals surface area (Å²) in [6.45, 7) is 9.63. The van der Waals surface area contributed by atoms with Gasteiger partial charge in [0.05, 0.1) is 18.9 Å². The van der Waals surface area contributed by atoms with Crippen LogP contribution in [0.25, 0.3) is 5.82 Å². The lowest BCUT2D eigenvalue weighted by Gasteiger charge is -2.26. The van der Waals surface area contributed by atoms with Crippen LogP contribution in [0.1, 0.15) is 23.4 Å². The van der Waals surface area contributed by atoms with Crippen LogP contribution in [0.2, 0.25) is 0 Å². The van der Waals surface area contributed by atoms with Gasteiger partial charge in [-0.25, -0.2) is 14.5 Å². The van der Waals surface area contributed by atoms with Crippen molar-refractivity contribution in [3.63, 3.8) is 0 Å². The molecular formula is C19H28N6O2. The number of hydrogen-bond acceptors (Lipinski definition) is 5. The number of morpholine rings is 1. The number of urea groups is 1. The molecule has 2 N–H and O–H groups in total. The number of rotatable bonds is 7. The minimum atomic E-state index is -0.153. The van der Waals surface area contributed by atoms with Crippen LogP contribution in [-0.4, -0.2) is 65.1 Å². The Kier molecular flexibility index (Phi) is 6.78. The average Bonchev–Trinajstić information content (AvgIpc) is 3.03. The van der Waals surface area contributed by atoms with Gasteiger partial charge in [0.1, 0.15) is 0 Å². The summed E-state index contributed by atoms with van der Waals surface area (Å²) in [7, 11) is 0. The number of hydrogen-bond donors (Lipinski definition) is 2. The number of nitrogens with zero attached hydrogens (tertiary/aromatic N) is 4. The first kappa shape index (κ1) is 19.3. The maximum Gasteiger partial charge on any atom is 0.315 e. The molecule has 0 bridgehead atoms. The summed E-state index contributed by atoms with van der Waals surface area (Å²) >= 11 is 0. The van der Waals surface area contributed by atoms with Crippen molar-refractivity contribution >= 4 is 6.03 Å². The third-order valence-electron chi connectivity index (χ3n) is 4.53. The molecule has 0 aliphatic carbocycles. The van der Waals surface area contributed by atoms with Gasteiger partial charge in [0.15, 0.2) is 5.82 Å². The third-order valence-corrected chi connectivity index (χ3v) is 4.53. The average molecular weight is 372 g/mol. The van der Waals surface area contributed by atoms with Gasteiger partial charge < -0.3 is 15.4 Å². The van der Waals surface area contributed by atoms with Crippen molar-refractivity contribution in [2.24, 2.45) is 0 Å². The molecule has 0 saturated carbocycles. The van der Waals surface area contributed by atoms with E-state index in [0.29, 0.717) is 13.1 Å². The molecule has 1 aliphatic rings. The Hall–Kier alpha value is -2.45. The molecule has 3 heterocycles. The minimum Gasteiger partial charge on any atom is -0.379 e. The molecule has 0 radical (unpaired) electrons. The monoisotopic (exact) mass is 372 g/mol. The predicted molar refractivity (Wildman–Crippen MR) is 103 cm³/mol. The third kappa shape index (κ3) is 5.77. The van der Waals surface area contributed by atoms with Crippen molar-refractivity contribution in [3.05, 3.63) is 41.3 Å². The van der Waals surface area contributed by atoms with E-state index < -0.39 is 0 Å².